The largest absolute Gasteiger partial charge is 0.512 e. The molecule has 15 heteroatoms. The number of unbranched alkanes of at least 4 members (excludes halogenated alkanes) is 1. The van der Waals surface area contributed by atoms with Crippen molar-refractivity contribution >= 4 is 28.9 Å². The Labute approximate surface area is 463 Å². The normalized spacial score (nSPS) is 14.0. The number of aliphatic hydroxyl groups excluding tert-OH is 5. The van der Waals surface area contributed by atoms with E-state index in [9.17, 15) is 49.5 Å². The van der Waals surface area contributed by atoms with Gasteiger partial charge in [0.2, 0.25) is 0 Å². The molecule has 0 heterocycles. The van der Waals surface area contributed by atoms with Crippen LogP contribution < -0.4 is 0 Å². The minimum absolute atomic E-state index is 0. The topological polar surface area (TPSA) is 186 Å². The van der Waals surface area contributed by atoms with Crippen LogP contribution in [0, 0.1) is 47.3 Å². The van der Waals surface area contributed by atoms with Crippen molar-refractivity contribution in [3.05, 3.63) is 59.2 Å². The van der Waals surface area contributed by atoms with Crippen molar-refractivity contribution in [2.24, 2.45) is 47.3 Å². The van der Waals surface area contributed by atoms with Gasteiger partial charge in [0.05, 0.1) is 28.8 Å². The Bertz CT molecular complexity index is 1390. The van der Waals surface area contributed by atoms with E-state index in [0.717, 1.165) is 57.8 Å². The van der Waals surface area contributed by atoms with Crippen LogP contribution in [-0.4, -0.2) is 54.4 Å². The maximum atomic E-state index is 10.7. The summed E-state index contributed by atoms with van der Waals surface area (Å²) >= 11 is 0. The third-order valence-corrected chi connectivity index (χ3v) is 9.45. The fraction of sp³-hybridized carbons (Fsp3) is 0.700. The molecule has 0 aliphatic heterocycles. The summed E-state index contributed by atoms with van der Waals surface area (Å²) in [6.07, 6.45) is 15.6. The van der Waals surface area contributed by atoms with Crippen molar-refractivity contribution in [3.63, 3.8) is 0 Å². The van der Waals surface area contributed by atoms with E-state index in [-0.39, 0.29) is 188 Å². The van der Waals surface area contributed by atoms with Gasteiger partial charge in [-0.15, -0.1) is 0 Å². The zero-order valence-corrected chi connectivity index (χ0v) is 54.8. The Morgan fingerprint density at radius 1 is 0.385 bits per heavy atom. The van der Waals surface area contributed by atoms with E-state index in [1.807, 2.05) is 34.6 Å². The van der Waals surface area contributed by atoms with Gasteiger partial charge in [0.25, 0.3) is 0 Å². The number of aliphatic hydroxyl groups is 5. The average Bonchev–Trinajstić information content (AvgIpc) is 3.11. The predicted molar refractivity (Wildman–Crippen MR) is 250 cm³/mol. The van der Waals surface area contributed by atoms with Crippen molar-refractivity contribution in [1.29, 1.82) is 0 Å². The fourth-order valence-corrected chi connectivity index (χ4v) is 5.18. The number of hydrogen-bond acceptors (Lipinski definition) is 10. The maximum absolute atomic E-state index is 10.7. The second kappa shape index (κ2) is 54.2. The van der Waals surface area contributed by atoms with E-state index in [1.165, 1.54) is 65.0 Å². The Kier molecular flexibility index (Phi) is 72.9. The molecule has 65 heavy (non-hydrogen) atoms. The molecule has 0 fully saturated rings. The molecule has 0 bridgehead atoms. The number of carbonyl (C=O) groups excluding carboxylic acids is 5. The average molecular weight is 1810 g/mol. The minimum atomic E-state index is -0.0948. The van der Waals surface area contributed by atoms with Gasteiger partial charge in [-0.05, 0) is 78.1 Å². The summed E-state index contributed by atoms with van der Waals surface area (Å²) in [5, 5.41) is 46.9. The second-order valence-corrected chi connectivity index (χ2v) is 17.2. The fourth-order valence-electron chi connectivity index (χ4n) is 5.18. The third-order valence-electron chi connectivity index (χ3n) is 9.45. The van der Waals surface area contributed by atoms with Crippen LogP contribution in [0.2, 0.25) is 0 Å². The van der Waals surface area contributed by atoms with Gasteiger partial charge in [0.1, 0.15) is 0 Å². The minimum Gasteiger partial charge on any atom is -0.512 e. The SMILES string of the molecule is CC(=O)C=C(O)C(C)CC(C)C.CC(=O)C=C(O)C(C)CCC(C)C.CCC(C)C(C)C(O)=CC(C)=O.CCCC(C)C(O)=CC(C)=O.CCCCC(C)C(O)=CC(C)=O.[Ir].[Ir].[Ir].[Ir].[Ir]. The van der Waals surface area contributed by atoms with E-state index in [2.05, 4.69) is 55.4 Å². The summed E-state index contributed by atoms with van der Waals surface area (Å²) in [6.45, 7) is 33.7. The van der Waals surface area contributed by atoms with Crippen LogP contribution in [0.1, 0.15) is 182 Å². The molecule has 395 valence electrons. The molecular weight excluding hydrogens is 1720 g/mol. The van der Waals surface area contributed by atoms with Crippen LogP contribution in [0.4, 0.5) is 0 Å². The van der Waals surface area contributed by atoms with Crippen LogP contribution in [0.5, 0.6) is 0 Å². The molecule has 0 aliphatic carbocycles. The summed E-state index contributed by atoms with van der Waals surface area (Å²) < 4.78 is 0. The van der Waals surface area contributed by atoms with Gasteiger partial charge in [0, 0.05) is 160 Å². The molecule has 0 amide bonds. The summed E-state index contributed by atoms with van der Waals surface area (Å²) in [5.41, 5.74) is 0. The predicted octanol–water partition coefficient (Wildman–Crippen LogP) is 13.8. The molecule has 0 aromatic carbocycles. The molecule has 0 rings (SSSR count). The molecule has 0 aliphatic rings. The quantitative estimate of drug-likeness (QED) is 0.0516. The Balaban J connectivity index is -0.0000000714. The van der Waals surface area contributed by atoms with Gasteiger partial charge in [-0.25, -0.2) is 0 Å². The summed E-state index contributed by atoms with van der Waals surface area (Å²) in [7, 11) is 0. The third kappa shape index (κ3) is 63.3. The number of allylic oxidation sites excluding steroid dienone is 10. The summed E-state index contributed by atoms with van der Waals surface area (Å²) in [5.74, 6) is 2.71. The van der Waals surface area contributed by atoms with Crippen molar-refractivity contribution in [2.45, 2.75) is 182 Å². The van der Waals surface area contributed by atoms with E-state index in [4.69, 9.17) is 0 Å². The van der Waals surface area contributed by atoms with Crippen molar-refractivity contribution in [1.82, 2.24) is 0 Å². The van der Waals surface area contributed by atoms with Gasteiger partial charge in [0.15, 0.2) is 28.9 Å². The Hall–Kier alpha value is -0.703. The number of ketones is 5. The summed E-state index contributed by atoms with van der Waals surface area (Å²) in [4.78, 5) is 53.0. The molecule has 0 saturated carbocycles. The standard InChI is InChI=1S/C11H20O2.3C10H18O2.C9H16O2.5Ir/c1-8(2)5-6-9(3)11(13)7-10(4)12;1-7(2)5-8(3)10(12)6-9(4)11;1-5-7(2)9(4)10(12)6-8(3)11;1-4-5-6-8(2)10(12)7-9(3)11;1-4-5-7(2)9(11)6-8(3)10;;;;;/h7-9,13H,5-6H2,1-4H3;6-8,12H,5H2,1-4H3;6-7,9,12H,5H2,1-4H3;7-8,12H,4-6H2,1-3H3;6-7,11H,4-5H2,1-3H3;;;;;. The summed E-state index contributed by atoms with van der Waals surface area (Å²) in [6, 6.07) is 0. The van der Waals surface area contributed by atoms with Crippen LogP contribution in [0.3, 0.4) is 0 Å². The van der Waals surface area contributed by atoms with Gasteiger partial charge in [-0.3, -0.25) is 24.0 Å². The first kappa shape index (κ1) is 87.4. The van der Waals surface area contributed by atoms with Gasteiger partial charge >= 0.3 is 0 Å². The van der Waals surface area contributed by atoms with Crippen molar-refractivity contribution < 1.29 is 150 Å². The molecule has 5 N–H and O–H groups in total. The zero-order chi connectivity index (χ0) is 48.3. The molecule has 0 spiro atoms. The van der Waals surface area contributed by atoms with Crippen molar-refractivity contribution in [3.8, 4) is 0 Å². The molecule has 0 aromatic rings. The van der Waals surface area contributed by atoms with E-state index >= 15 is 0 Å². The van der Waals surface area contributed by atoms with Crippen LogP contribution in [0.15, 0.2) is 59.2 Å². The zero-order valence-electron chi connectivity index (χ0n) is 42.8. The first-order valence-corrected chi connectivity index (χ1v) is 22.1. The Morgan fingerprint density at radius 3 is 0.938 bits per heavy atom. The smallest absolute Gasteiger partial charge is 0.155 e. The van der Waals surface area contributed by atoms with E-state index in [0.29, 0.717) is 17.8 Å². The van der Waals surface area contributed by atoms with Crippen molar-refractivity contribution in [2.75, 3.05) is 0 Å². The first-order chi connectivity index (χ1) is 27.5. The van der Waals surface area contributed by atoms with E-state index < -0.39 is 0 Å². The van der Waals surface area contributed by atoms with E-state index in [1.54, 1.807) is 0 Å². The molecule has 0 saturated heterocycles. The van der Waals surface area contributed by atoms with Crippen LogP contribution in [-0.2, 0) is 124 Å². The van der Waals surface area contributed by atoms with Crippen LogP contribution in [0.25, 0.3) is 0 Å². The molecule has 5 radical (unpaired) electrons. The molecule has 6 atom stereocenters. The number of carbonyl (C=O) groups is 5. The number of hydrogen-bond donors (Lipinski definition) is 5. The number of rotatable bonds is 22. The monoisotopic (exact) mass is 1820 g/mol. The second-order valence-electron chi connectivity index (χ2n) is 17.2. The van der Waals surface area contributed by atoms with Gasteiger partial charge in [-0.2, -0.15) is 0 Å². The van der Waals surface area contributed by atoms with Crippen LogP contribution >= 0.6 is 0 Å². The Morgan fingerprint density at radius 2 is 0.677 bits per heavy atom. The molecule has 6 unspecified atom stereocenters. The first-order valence-electron chi connectivity index (χ1n) is 22.1. The molecule has 0 aromatic heterocycles. The van der Waals surface area contributed by atoms with Gasteiger partial charge in [-0.1, -0.05) is 122 Å². The maximum Gasteiger partial charge on any atom is 0.155 e. The molecule has 10 nitrogen and oxygen atoms in total. The molecular formula is C50H90Ir5O10. The van der Waals surface area contributed by atoms with Gasteiger partial charge < -0.3 is 25.5 Å².